The van der Waals surface area contributed by atoms with E-state index in [1.807, 2.05) is 0 Å². The van der Waals surface area contributed by atoms with Crippen molar-refractivity contribution in [2.75, 3.05) is 0 Å². The van der Waals surface area contributed by atoms with Gasteiger partial charge in [0.05, 0.1) is 0 Å². The molecule has 1 saturated carbocycles. The summed E-state index contributed by atoms with van der Waals surface area (Å²) < 4.78 is 0. The van der Waals surface area contributed by atoms with Crippen molar-refractivity contribution in [2.24, 2.45) is 17.6 Å². The van der Waals surface area contributed by atoms with Gasteiger partial charge < -0.3 is 11.1 Å². The second kappa shape index (κ2) is 5.50. The Morgan fingerprint density at radius 3 is 2.47 bits per heavy atom. The molecule has 1 aliphatic carbocycles. The zero-order valence-electron chi connectivity index (χ0n) is 10.1. The number of carbonyl (C=O) groups excluding carboxylic acids is 1. The fourth-order valence-electron chi connectivity index (χ4n) is 2.00. The lowest BCUT2D eigenvalue weighted by Gasteiger charge is -2.17. The summed E-state index contributed by atoms with van der Waals surface area (Å²) in [5, 5.41) is 3.01. The molecule has 0 saturated heterocycles. The highest BCUT2D eigenvalue weighted by Gasteiger charge is 2.29. The van der Waals surface area contributed by atoms with E-state index in [9.17, 15) is 4.79 Å². The smallest absolute Gasteiger partial charge is 0.221 e. The molecule has 0 radical (unpaired) electrons. The zero-order chi connectivity index (χ0) is 11.4. The molecule has 2 atom stereocenters. The number of carbonyl (C=O) groups is 1. The van der Waals surface area contributed by atoms with Gasteiger partial charge in [0.15, 0.2) is 0 Å². The minimum atomic E-state index is 0.0799. The number of amides is 1. The van der Waals surface area contributed by atoms with Gasteiger partial charge in [0, 0.05) is 18.5 Å². The molecule has 3 N–H and O–H groups in total. The third-order valence-corrected chi connectivity index (χ3v) is 2.88. The maximum Gasteiger partial charge on any atom is 0.221 e. The molecule has 0 bridgehead atoms. The van der Waals surface area contributed by atoms with Gasteiger partial charge in [-0.05, 0) is 38.0 Å². The van der Waals surface area contributed by atoms with Gasteiger partial charge in [0.25, 0.3) is 0 Å². The van der Waals surface area contributed by atoms with Crippen molar-refractivity contribution in [2.45, 2.75) is 58.5 Å². The van der Waals surface area contributed by atoms with Crippen molar-refractivity contribution in [3.05, 3.63) is 0 Å². The maximum atomic E-state index is 11.6. The van der Waals surface area contributed by atoms with Crippen LogP contribution < -0.4 is 11.1 Å². The predicted octanol–water partition coefficient (Wildman–Crippen LogP) is 1.66. The molecule has 0 spiro atoms. The first kappa shape index (κ1) is 12.5. The van der Waals surface area contributed by atoms with E-state index >= 15 is 0 Å². The molecule has 0 aliphatic heterocycles. The SMILES string of the molecule is CC(C)CC(C)NC(=O)CC(N)C1CC1. The molecule has 1 rings (SSSR count). The van der Waals surface area contributed by atoms with Crippen LogP contribution in [0.25, 0.3) is 0 Å². The number of hydrogen-bond acceptors (Lipinski definition) is 2. The average molecular weight is 212 g/mol. The van der Waals surface area contributed by atoms with Crippen LogP contribution in [0.1, 0.15) is 46.5 Å². The largest absolute Gasteiger partial charge is 0.354 e. The summed E-state index contributed by atoms with van der Waals surface area (Å²) in [7, 11) is 0. The normalized spacial score (nSPS) is 20.1. The molecule has 15 heavy (non-hydrogen) atoms. The lowest BCUT2D eigenvalue weighted by molar-refractivity contribution is -0.122. The van der Waals surface area contributed by atoms with Crippen LogP contribution in [0.4, 0.5) is 0 Å². The highest BCUT2D eigenvalue weighted by atomic mass is 16.1. The quantitative estimate of drug-likeness (QED) is 0.703. The standard InChI is InChI=1S/C12H24N2O/c1-8(2)6-9(3)14-12(15)7-11(13)10-4-5-10/h8-11H,4-7,13H2,1-3H3,(H,14,15). The first-order valence-electron chi connectivity index (χ1n) is 6.04. The molecule has 2 unspecified atom stereocenters. The van der Waals surface area contributed by atoms with Crippen molar-refractivity contribution < 1.29 is 4.79 Å². The second-order valence-electron chi connectivity index (χ2n) is 5.30. The Labute approximate surface area is 92.8 Å². The van der Waals surface area contributed by atoms with E-state index in [0.29, 0.717) is 18.3 Å². The maximum absolute atomic E-state index is 11.6. The molecule has 0 heterocycles. The fraction of sp³-hybridized carbons (Fsp3) is 0.917. The molecule has 1 amide bonds. The van der Waals surface area contributed by atoms with Crippen molar-refractivity contribution >= 4 is 5.91 Å². The van der Waals surface area contributed by atoms with Gasteiger partial charge in [0.2, 0.25) is 5.91 Å². The van der Waals surface area contributed by atoms with Gasteiger partial charge in [-0.1, -0.05) is 13.8 Å². The summed E-state index contributed by atoms with van der Waals surface area (Å²) in [4.78, 5) is 11.6. The summed E-state index contributed by atoms with van der Waals surface area (Å²) in [6, 6.07) is 0.347. The van der Waals surface area contributed by atoms with Crippen molar-refractivity contribution in [3.63, 3.8) is 0 Å². The Balaban J connectivity index is 2.16. The third kappa shape index (κ3) is 5.17. The highest BCUT2D eigenvalue weighted by Crippen LogP contribution is 2.32. The Morgan fingerprint density at radius 2 is 2.00 bits per heavy atom. The van der Waals surface area contributed by atoms with E-state index in [4.69, 9.17) is 5.73 Å². The average Bonchev–Trinajstić information content (AvgIpc) is 2.82. The number of rotatable bonds is 6. The van der Waals surface area contributed by atoms with Crippen LogP contribution in [0.15, 0.2) is 0 Å². The molecule has 1 fully saturated rings. The second-order valence-corrected chi connectivity index (χ2v) is 5.30. The summed E-state index contributed by atoms with van der Waals surface area (Å²) in [6.07, 6.45) is 3.93. The molecular weight excluding hydrogens is 188 g/mol. The van der Waals surface area contributed by atoms with Crippen LogP contribution in [0.5, 0.6) is 0 Å². The van der Waals surface area contributed by atoms with Crippen molar-refractivity contribution in [1.82, 2.24) is 5.32 Å². The number of nitrogens with one attached hydrogen (secondary N) is 1. The topological polar surface area (TPSA) is 55.1 Å². The van der Waals surface area contributed by atoms with E-state index in [0.717, 1.165) is 6.42 Å². The van der Waals surface area contributed by atoms with Crippen LogP contribution in [-0.4, -0.2) is 18.0 Å². The summed E-state index contributed by atoms with van der Waals surface area (Å²) >= 11 is 0. The number of hydrogen-bond donors (Lipinski definition) is 2. The summed E-state index contributed by atoms with van der Waals surface area (Å²) in [5.74, 6) is 1.34. The summed E-state index contributed by atoms with van der Waals surface area (Å²) in [5.41, 5.74) is 5.90. The van der Waals surface area contributed by atoms with Gasteiger partial charge in [-0.2, -0.15) is 0 Å². The first-order valence-corrected chi connectivity index (χ1v) is 6.04. The zero-order valence-corrected chi connectivity index (χ0v) is 10.1. The van der Waals surface area contributed by atoms with E-state index in [-0.39, 0.29) is 18.0 Å². The lowest BCUT2D eigenvalue weighted by atomic mass is 10.0. The van der Waals surface area contributed by atoms with Crippen LogP contribution in [0, 0.1) is 11.8 Å². The van der Waals surface area contributed by atoms with Crippen LogP contribution in [0.3, 0.4) is 0 Å². The van der Waals surface area contributed by atoms with Crippen LogP contribution in [-0.2, 0) is 4.79 Å². The fourth-order valence-corrected chi connectivity index (χ4v) is 2.00. The molecule has 3 heteroatoms. The van der Waals surface area contributed by atoms with E-state index in [1.165, 1.54) is 12.8 Å². The van der Waals surface area contributed by atoms with Gasteiger partial charge in [-0.25, -0.2) is 0 Å². The Morgan fingerprint density at radius 1 is 1.40 bits per heavy atom. The van der Waals surface area contributed by atoms with E-state index in [2.05, 4.69) is 26.1 Å². The van der Waals surface area contributed by atoms with E-state index in [1.54, 1.807) is 0 Å². The monoisotopic (exact) mass is 212 g/mol. The molecule has 1 aliphatic rings. The molecule has 0 aromatic heterocycles. The lowest BCUT2D eigenvalue weighted by Crippen LogP contribution is -2.38. The van der Waals surface area contributed by atoms with Gasteiger partial charge in [-0.15, -0.1) is 0 Å². The van der Waals surface area contributed by atoms with Crippen molar-refractivity contribution in [1.29, 1.82) is 0 Å². The van der Waals surface area contributed by atoms with Crippen LogP contribution in [0.2, 0.25) is 0 Å². The van der Waals surface area contributed by atoms with Gasteiger partial charge in [-0.3, -0.25) is 4.79 Å². The minimum absolute atomic E-state index is 0.0799. The third-order valence-electron chi connectivity index (χ3n) is 2.88. The Bertz CT molecular complexity index is 212. The van der Waals surface area contributed by atoms with Crippen LogP contribution >= 0.6 is 0 Å². The first-order chi connectivity index (χ1) is 6.99. The Kier molecular flexibility index (Phi) is 4.58. The van der Waals surface area contributed by atoms with Crippen molar-refractivity contribution in [3.8, 4) is 0 Å². The molecular formula is C12H24N2O. The van der Waals surface area contributed by atoms with E-state index < -0.39 is 0 Å². The molecule has 88 valence electrons. The number of nitrogens with two attached hydrogens (primary N) is 1. The van der Waals surface area contributed by atoms with Gasteiger partial charge >= 0.3 is 0 Å². The molecule has 3 nitrogen and oxygen atoms in total. The minimum Gasteiger partial charge on any atom is -0.354 e. The summed E-state index contributed by atoms with van der Waals surface area (Å²) in [6.45, 7) is 6.39. The highest BCUT2D eigenvalue weighted by molar-refractivity contribution is 5.76. The molecule has 0 aromatic rings. The Hall–Kier alpha value is -0.570. The molecule has 0 aromatic carbocycles. The predicted molar refractivity (Wildman–Crippen MR) is 62.4 cm³/mol. The van der Waals surface area contributed by atoms with Gasteiger partial charge in [0.1, 0.15) is 0 Å².